The molecule has 8 nitrogen and oxygen atoms in total. The van der Waals surface area contributed by atoms with Crippen molar-refractivity contribution in [2.24, 2.45) is 0 Å². The number of phosphoric ester groups is 1. The van der Waals surface area contributed by atoms with Gasteiger partial charge in [-0.2, -0.15) is 0 Å². The van der Waals surface area contributed by atoms with Crippen molar-refractivity contribution in [3.8, 4) is 0 Å². The number of likely N-dealkylation sites (N-methyl/N-ethyl adjacent to an activating group) is 1. The van der Waals surface area contributed by atoms with Crippen LogP contribution >= 0.6 is 7.82 Å². The second-order valence-corrected chi connectivity index (χ2v) is 21.1. The SMILES string of the molecule is CCCCCCCCCCCCCCCCCCCCC/C=C/C(O)C(COP(=O)(O)OCC[N+](C)(C)C)NC(=O)CCCCCCCCCCCCCCCCCCCC. The highest BCUT2D eigenvalue weighted by Crippen LogP contribution is 2.43. The highest BCUT2D eigenvalue weighted by atomic mass is 31.2. The van der Waals surface area contributed by atoms with E-state index in [-0.39, 0.29) is 19.1 Å². The number of allylic oxidation sites excluding steroid dienone is 1. The summed E-state index contributed by atoms with van der Waals surface area (Å²) in [6.45, 7) is 4.86. The standard InChI is InChI=1S/C52H105N2O6P/c1-6-8-10-12-14-16-18-20-22-24-26-27-28-29-31-33-35-37-39-41-43-45-51(55)50(49-60-61(57,58)59-48-47-54(3,4)5)53-52(56)46-44-42-40-38-36-34-32-30-25-23-21-19-17-15-13-11-9-7-2/h43,45,50-51,55H,6-42,44,46-49H2,1-5H3,(H-,53,56,57,58)/p+1/b45-43+. The molecule has 0 aromatic carbocycles. The number of phosphoric acid groups is 1. The highest BCUT2D eigenvalue weighted by molar-refractivity contribution is 7.47. The van der Waals surface area contributed by atoms with Gasteiger partial charge in [0.05, 0.1) is 39.9 Å². The summed E-state index contributed by atoms with van der Waals surface area (Å²) in [6, 6.07) is -0.841. The quantitative estimate of drug-likeness (QED) is 0.0243. The number of quaternary nitrogens is 1. The first-order chi connectivity index (χ1) is 29.5. The molecule has 0 saturated carbocycles. The average Bonchev–Trinajstić information content (AvgIpc) is 3.21. The number of rotatable bonds is 49. The van der Waals surface area contributed by atoms with Crippen LogP contribution in [0.15, 0.2) is 12.2 Å². The second-order valence-electron chi connectivity index (χ2n) is 19.6. The number of carbonyl (C=O) groups excluding carboxylic acids is 1. The van der Waals surface area contributed by atoms with Crippen molar-refractivity contribution in [1.29, 1.82) is 0 Å². The van der Waals surface area contributed by atoms with Crippen LogP contribution < -0.4 is 5.32 Å². The minimum atomic E-state index is -4.34. The zero-order valence-electron chi connectivity index (χ0n) is 41.4. The molecule has 0 aromatic rings. The lowest BCUT2D eigenvalue weighted by Crippen LogP contribution is -2.45. The number of amides is 1. The van der Waals surface area contributed by atoms with Gasteiger partial charge in [0, 0.05) is 6.42 Å². The van der Waals surface area contributed by atoms with Crippen molar-refractivity contribution in [1.82, 2.24) is 5.32 Å². The van der Waals surface area contributed by atoms with Crippen LogP contribution in [0.2, 0.25) is 0 Å². The van der Waals surface area contributed by atoms with E-state index in [1.165, 1.54) is 212 Å². The van der Waals surface area contributed by atoms with Crippen LogP contribution in [-0.2, 0) is 18.4 Å². The molecule has 0 spiro atoms. The molecular formula is C52H106N2O6P+. The number of nitrogens with one attached hydrogen (secondary N) is 1. The third-order valence-corrected chi connectivity index (χ3v) is 13.2. The largest absolute Gasteiger partial charge is 0.472 e. The van der Waals surface area contributed by atoms with Crippen LogP contribution in [0.3, 0.4) is 0 Å². The van der Waals surface area contributed by atoms with Gasteiger partial charge in [0.2, 0.25) is 5.91 Å². The smallest absolute Gasteiger partial charge is 0.387 e. The summed E-state index contributed by atoms with van der Waals surface area (Å²) < 4.78 is 23.7. The lowest BCUT2D eigenvalue weighted by Gasteiger charge is -2.25. The van der Waals surface area contributed by atoms with Crippen LogP contribution in [0.4, 0.5) is 0 Å². The molecule has 3 atom stereocenters. The van der Waals surface area contributed by atoms with Gasteiger partial charge in [0.15, 0.2) is 0 Å². The van der Waals surface area contributed by atoms with Crippen molar-refractivity contribution < 1.29 is 32.9 Å². The van der Waals surface area contributed by atoms with E-state index in [4.69, 9.17) is 9.05 Å². The van der Waals surface area contributed by atoms with Crippen molar-refractivity contribution in [3.05, 3.63) is 12.2 Å². The van der Waals surface area contributed by atoms with Crippen LogP contribution in [0, 0.1) is 0 Å². The topological polar surface area (TPSA) is 105 Å². The number of aliphatic hydroxyl groups excluding tert-OH is 1. The summed E-state index contributed by atoms with van der Waals surface area (Å²) in [6.07, 6.45) is 52.9. The molecule has 0 rings (SSSR count). The summed E-state index contributed by atoms with van der Waals surface area (Å²) in [7, 11) is 1.59. The Balaban J connectivity index is 4.26. The fourth-order valence-electron chi connectivity index (χ4n) is 8.04. The van der Waals surface area contributed by atoms with Gasteiger partial charge in [-0.25, -0.2) is 4.57 Å². The molecule has 0 fully saturated rings. The molecule has 1 amide bonds. The van der Waals surface area contributed by atoms with Gasteiger partial charge in [-0.05, 0) is 19.3 Å². The first-order valence-corrected chi connectivity index (χ1v) is 28.1. The molecule has 0 heterocycles. The molecule has 3 N–H and O–H groups in total. The van der Waals surface area contributed by atoms with Gasteiger partial charge >= 0.3 is 7.82 Å². The van der Waals surface area contributed by atoms with Crippen molar-refractivity contribution >= 4 is 13.7 Å². The molecule has 0 aliphatic carbocycles. The van der Waals surface area contributed by atoms with Gasteiger partial charge in [-0.15, -0.1) is 0 Å². The molecule has 0 bridgehead atoms. The van der Waals surface area contributed by atoms with Gasteiger partial charge in [0.1, 0.15) is 13.2 Å². The zero-order chi connectivity index (χ0) is 45.0. The molecular weight excluding hydrogens is 780 g/mol. The summed E-state index contributed by atoms with van der Waals surface area (Å²) in [5.41, 5.74) is 0. The number of nitrogens with zero attached hydrogens (tertiary/aromatic N) is 1. The van der Waals surface area contributed by atoms with E-state index < -0.39 is 20.0 Å². The van der Waals surface area contributed by atoms with Crippen molar-refractivity contribution in [2.45, 2.75) is 276 Å². The summed E-state index contributed by atoms with van der Waals surface area (Å²) in [5, 5.41) is 13.9. The predicted octanol–water partition coefficient (Wildman–Crippen LogP) is 15.5. The Morgan fingerprint density at radius 1 is 0.541 bits per heavy atom. The maximum absolute atomic E-state index is 12.9. The van der Waals surface area contributed by atoms with Gasteiger partial charge < -0.3 is 19.8 Å². The Morgan fingerprint density at radius 2 is 0.869 bits per heavy atom. The average molecular weight is 886 g/mol. The second kappa shape index (κ2) is 44.4. The first kappa shape index (κ1) is 60.2. The number of hydrogen-bond donors (Lipinski definition) is 3. The predicted molar refractivity (Wildman–Crippen MR) is 263 cm³/mol. The Morgan fingerprint density at radius 3 is 1.21 bits per heavy atom. The Bertz CT molecular complexity index is 1000. The van der Waals surface area contributed by atoms with E-state index >= 15 is 0 Å². The molecule has 0 radical (unpaired) electrons. The third kappa shape index (κ3) is 47.0. The van der Waals surface area contributed by atoms with Crippen molar-refractivity contribution in [3.63, 3.8) is 0 Å². The van der Waals surface area contributed by atoms with E-state index in [1.54, 1.807) is 6.08 Å². The normalized spacial score (nSPS) is 14.1. The third-order valence-electron chi connectivity index (χ3n) is 12.3. The number of unbranched alkanes of at least 4 members (excludes halogenated alkanes) is 36. The Labute approximate surface area is 380 Å². The molecule has 9 heteroatoms. The lowest BCUT2D eigenvalue weighted by atomic mass is 10.0. The van der Waals surface area contributed by atoms with Gasteiger partial charge in [-0.1, -0.05) is 251 Å². The highest BCUT2D eigenvalue weighted by Gasteiger charge is 2.27. The number of carbonyl (C=O) groups is 1. The molecule has 3 unspecified atom stereocenters. The van der Waals surface area contributed by atoms with Crippen LogP contribution in [-0.4, -0.2) is 73.4 Å². The monoisotopic (exact) mass is 886 g/mol. The van der Waals surface area contributed by atoms with E-state index in [2.05, 4.69) is 19.2 Å². The van der Waals surface area contributed by atoms with E-state index in [0.29, 0.717) is 17.4 Å². The maximum Gasteiger partial charge on any atom is 0.472 e. The van der Waals surface area contributed by atoms with Crippen LogP contribution in [0.1, 0.15) is 264 Å². The van der Waals surface area contributed by atoms with E-state index in [1.807, 2.05) is 27.2 Å². The van der Waals surface area contributed by atoms with Gasteiger partial charge in [-0.3, -0.25) is 13.8 Å². The zero-order valence-corrected chi connectivity index (χ0v) is 42.3. The van der Waals surface area contributed by atoms with E-state index in [0.717, 1.165) is 32.1 Å². The Kier molecular flexibility index (Phi) is 43.9. The molecule has 0 saturated heterocycles. The number of hydrogen-bond acceptors (Lipinski definition) is 5. The lowest BCUT2D eigenvalue weighted by molar-refractivity contribution is -0.870. The number of aliphatic hydroxyl groups is 1. The summed E-state index contributed by atoms with van der Waals surface area (Å²) in [4.78, 5) is 23.2. The molecule has 364 valence electrons. The fraction of sp³-hybridized carbons (Fsp3) is 0.942. The minimum Gasteiger partial charge on any atom is -0.387 e. The molecule has 0 aliphatic rings. The Hall–Kier alpha value is -0.760. The van der Waals surface area contributed by atoms with Crippen LogP contribution in [0.5, 0.6) is 0 Å². The van der Waals surface area contributed by atoms with Crippen LogP contribution in [0.25, 0.3) is 0 Å². The molecule has 61 heavy (non-hydrogen) atoms. The van der Waals surface area contributed by atoms with E-state index in [9.17, 15) is 19.4 Å². The first-order valence-electron chi connectivity index (χ1n) is 26.6. The fourth-order valence-corrected chi connectivity index (χ4v) is 8.78. The summed E-state index contributed by atoms with van der Waals surface area (Å²) >= 11 is 0. The van der Waals surface area contributed by atoms with Crippen molar-refractivity contribution in [2.75, 3.05) is 40.9 Å². The minimum absolute atomic E-state index is 0.0650. The maximum atomic E-state index is 12.9. The summed E-state index contributed by atoms with van der Waals surface area (Å²) in [5.74, 6) is -0.171. The molecule has 0 aliphatic heterocycles. The molecule has 0 aromatic heterocycles. The van der Waals surface area contributed by atoms with Gasteiger partial charge in [0.25, 0.3) is 0 Å².